The molecule has 1 N–H and O–H groups in total. The lowest BCUT2D eigenvalue weighted by molar-refractivity contribution is -0.145. The quantitative estimate of drug-likeness (QED) is 0.803. The fourth-order valence-corrected chi connectivity index (χ4v) is 1.94. The van der Waals surface area contributed by atoms with Crippen LogP contribution in [0.25, 0.3) is 0 Å². The van der Waals surface area contributed by atoms with E-state index in [4.69, 9.17) is 9.47 Å². The topological polar surface area (TPSA) is 47.6 Å². The number of esters is 1. The molecule has 0 saturated heterocycles. The Hall–Kier alpha value is -1.55. The highest BCUT2D eigenvalue weighted by Gasteiger charge is 2.22. The number of hydrogen-bond acceptors (Lipinski definition) is 4. The first-order valence-electron chi connectivity index (χ1n) is 6.47. The second-order valence-corrected chi connectivity index (χ2v) is 4.77. The zero-order valence-electron chi connectivity index (χ0n) is 12.3. The largest absolute Gasteiger partial charge is 0.497 e. The van der Waals surface area contributed by atoms with Crippen LogP contribution in [0.2, 0.25) is 0 Å². The van der Waals surface area contributed by atoms with E-state index in [1.165, 1.54) is 7.11 Å². The number of hydrogen-bond donors (Lipinski definition) is 1. The van der Waals surface area contributed by atoms with E-state index in [1.54, 1.807) is 7.11 Å². The first-order chi connectivity index (χ1) is 8.99. The smallest absolute Gasteiger partial charge is 0.309 e. The van der Waals surface area contributed by atoms with Crippen molar-refractivity contribution in [3.8, 4) is 5.75 Å². The van der Waals surface area contributed by atoms with Crippen LogP contribution in [0, 0.1) is 5.92 Å². The number of benzene rings is 1. The lowest BCUT2D eigenvalue weighted by atomic mass is 10.0. The predicted octanol–water partition coefficient (Wildman–Crippen LogP) is 2.54. The van der Waals surface area contributed by atoms with Gasteiger partial charge in [0.25, 0.3) is 0 Å². The molecule has 19 heavy (non-hydrogen) atoms. The first-order valence-corrected chi connectivity index (χ1v) is 6.47. The Morgan fingerprint density at radius 3 is 2.47 bits per heavy atom. The minimum absolute atomic E-state index is 0.0358. The van der Waals surface area contributed by atoms with Crippen molar-refractivity contribution in [1.29, 1.82) is 0 Å². The molecule has 0 aromatic heterocycles. The average Bonchev–Trinajstić information content (AvgIpc) is 2.45. The highest BCUT2D eigenvalue weighted by molar-refractivity contribution is 5.72. The lowest BCUT2D eigenvalue weighted by Gasteiger charge is -2.24. The molecule has 3 atom stereocenters. The number of carbonyl (C=O) groups is 1. The fraction of sp³-hybridized carbons (Fsp3) is 0.533. The predicted molar refractivity (Wildman–Crippen MR) is 75.2 cm³/mol. The second-order valence-electron chi connectivity index (χ2n) is 4.77. The van der Waals surface area contributed by atoms with E-state index in [-0.39, 0.29) is 24.0 Å². The van der Waals surface area contributed by atoms with Gasteiger partial charge >= 0.3 is 5.97 Å². The van der Waals surface area contributed by atoms with Gasteiger partial charge in [-0.25, -0.2) is 0 Å². The number of rotatable bonds is 6. The molecule has 0 aliphatic heterocycles. The molecular formula is C15H23NO3. The summed E-state index contributed by atoms with van der Waals surface area (Å²) >= 11 is 0. The molecule has 0 aliphatic carbocycles. The normalized spacial score (nSPS) is 15.4. The standard InChI is InChI=1S/C15H23NO3/c1-10(15(17)19-5)11(2)16-12(3)13-7-6-8-14(9-13)18-4/h6-12,16H,1-5H3/t10?,11?,12-/m0/s1. The third kappa shape index (κ3) is 4.24. The molecule has 0 spiro atoms. The molecule has 4 nitrogen and oxygen atoms in total. The number of methoxy groups -OCH3 is 2. The summed E-state index contributed by atoms with van der Waals surface area (Å²) in [5.41, 5.74) is 1.13. The van der Waals surface area contributed by atoms with Crippen LogP contribution in [0.1, 0.15) is 32.4 Å². The summed E-state index contributed by atoms with van der Waals surface area (Å²) in [7, 11) is 3.07. The maximum Gasteiger partial charge on any atom is 0.309 e. The van der Waals surface area contributed by atoms with Crippen LogP contribution in [0.3, 0.4) is 0 Å². The SMILES string of the molecule is COC(=O)C(C)C(C)N[C@@H](C)c1cccc(OC)c1. The summed E-state index contributed by atoms with van der Waals surface area (Å²) in [4.78, 5) is 11.5. The molecule has 0 saturated carbocycles. The van der Waals surface area contributed by atoms with Gasteiger partial charge in [-0.1, -0.05) is 19.1 Å². The molecule has 0 heterocycles. The van der Waals surface area contributed by atoms with Gasteiger partial charge in [-0.3, -0.25) is 4.79 Å². The van der Waals surface area contributed by atoms with E-state index in [0.717, 1.165) is 11.3 Å². The van der Waals surface area contributed by atoms with Crippen LogP contribution in [0.15, 0.2) is 24.3 Å². The Bertz CT molecular complexity index is 420. The van der Waals surface area contributed by atoms with Crippen LogP contribution in [0.4, 0.5) is 0 Å². The molecule has 0 fully saturated rings. The van der Waals surface area contributed by atoms with E-state index in [9.17, 15) is 4.79 Å². The highest BCUT2D eigenvalue weighted by Crippen LogP contribution is 2.20. The Morgan fingerprint density at radius 1 is 1.21 bits per heavy atom. The molecule has 1 aromatic carbocycles. The first kappa shape index (κ1) is 15.5. The van der Waals surface area contributed by atoms with E-state index in [1.807, 2.05) is 38.1 Å². The van der Waals surface area contributed by atoms with Crippen LogP contribution in [-0.4, -0.2) is 26.2 Å². The van der Waals surface area contributed by atoms with Gasteiger partial charge in [0.2, 0.25) is 0 Å². The number of nitrogens with one attached hydrogen (secondary N) is 1. The van der Waals surface area contributed by atoms with Crippen molar-refractivity contribution in [3.05, 3.63) is 29.8 Å². The third-order valence-electron chi connectivity index (χ3n) is 3.43. The summed E-state index contributed by atoms with van der Waals surface area (Å²) in [6.45, 7) is 5.91. The van der Waals surface area contributed by atoms with Gasteiger partial charge in [0, 0.05) is 12.1 Å². The minimum Gasteiger partial charge on any atom is -0.497 e. The Balaban J connectivity index is 2.67. The summed E-state index contributed by atoms with van der Waals surface area (Å²) in [6, 6.07) is 8.08. The number of carbonyl (C=O) groups excluding carboxylic acids is 1. The van der Waals surface area contributed by atoms with E-state index in [2.05, 4.69) is 12.2 Å². The number of ether oxygens (including phenoxy) is 2. The van der Waals surface area contributed by atoms with Crippen LogP contribution in [0.5, 0.6) is 5.75 Å². The molecule has 0 bridgehead atoms. The van der Waals surface area contributed by atoms with Gasteiger partial charge in [0.15, 0.2) is 0 Å². The minimum atomic E-state index is -0.196. The van der Waals surface area contributed by atoms with Gasteiger partial charge < -0.3 is 14.8 Å². The molecule has 1 rings (SSSR count). The maximum absolute atomic E-state index is 11.5. The fourth-order valence-electron chi connectivity index (χ4n) is 1.94. The van der Waals surface area contributed by atoms with E-state index < -0.39 is 0 Å². The zero-order chi connectivity index (χ0) is 14.4. The summed E-state index contributed by atoms with van der Waals surface area (Å²) in [5, 5.41) is 3.41. The average molecular weight is 265 g/mol. The molecule has 4 heteroatoms. The Kier molecular flexibility index (Phi) is 5.83. The van der Waals surface area contributed by atoms with Gasteiger partial charge in [-0.05, 0) is 31.5 Å². The molecular weight excluding hydrogens is 242 g/mol. The second kappa shape index (κ2) is 7.14. The van der Waals surface area contributed by atoms with Crippen LogP contribution < -0.4 is 10.1 Å². The highest BCUT2D eigenvalue weighted by atomic mass is 16.5. The molecule has 1 aromatic rings. The molecule has 2 unspecified atom stereocenters. The summed E-state index contributed by atoms with van der Waals surface area (Å²) < 4.78 is 9.97. The van der Waals surface area contributed by atoms with Crippen LogP contribution >= 0.6 is 0 Å². The van der Waals surface area contributed by atoms with Gasteiger partial charge in [0.1, 0.15) is 5.75 Å². The van der Waals surface area contributed by atoms with E-state index >= 15 is 0 Å². The third-order valence-corrected chi connectivity index (χ3v) is 3.43. The van der Waals surface area contributed by atoms with Crippen molar-refractivity contribution in [2.75, 3.05) is 14.2 Å². The molecule has 106 valence electrons. The van der Waals surface area contributed by atoms with Gasteiger partial charge in [-0.2, -0.15) is 0 Å². The lowest BCUT2D eigenvalue weighted by Crippen LogP contribution is -2.38. The molecule has 0 aliphatic rings. The van der Waals surface area contributed by atoms with Gasteiger partial charge in [0.05, 0.1) is 20.1 Å². The molecule has 0 amide bonds. The summed E-state index contributed by atoms with van der Waals surface area (Å²) in [5.74, 6) is 0.454. The van der Waals surface area contributed by atoms with Crippen LogP contribution in [-0.2, 0) is 9.53 Å². The monoisotopic (exact) mass is 265 g/mol. The maximum atomic E-state index is 11.5. The summed E-state index contributed by atoms with van der Waals surface area (Å²) in [6.07, 6.45) is 0. The zero-order valence-corrected chi connectivity index (χ0v) is 12.3. The van der Waals surface area contributed by atoms with Crippen molar-refractivity contribution in [3.63, 3.8) is 0 Å². The van der Waals surface area contributed by atoms with E-state index in [0.29, 0.717) is 0 Å². The van der Waals surface area contributed by atoms with Crippen molar-refractivity contribution >= 4 is 5.97 Å². The molecule has 0 radical (unpaired) electrons. The van der Waals surface area contributed by atoms with Crippen molar-refractivity contribution in [1.82, 2.24) is 5.32 Å². The van der Waals surface area contributed by atoms with Crippen molar-refractivity contribution in [2.24, 2.45) is 5.92 Å². The van der Waals surface area contributed by atoms with Crippen molar-refractivity contribution in [2.45, 2.75) is 32.9 Å². The Labute approximate surface area is 115 Å². The Morgan fingerprint density at radius 2 is 1.89 bits per heavy atom. The van der Waals surface area contributed by atoms with Crippen molar-refractivity contribution < 1.29 is 14.3 Å². The van der Waals surface area contributed by atoms with Gasteiger partial charge in [-0.15, -0.1) is 0 Å².